The molecule has 0 aliphatic carbocycles. The van der Waals surface area contributed by atoms with Crippen LogP contribution in [0.4, 0.5) is 8.78 Å². The number of amides is 3. The third-order valence-corrected chi connectivity index (χ3v) is 8.17. The highest BCUT2D eigenvalue weighted by Crippen LogP contribution is 2.35. The van der Waals surface area contributed by atoms with Crippen LogP contribution in [0.2, 0.25) is 0 Å². The minimum atomic E-state index is -0.986. The van der Waals surface area contributed by atoms with E-state index in [1.807, 2.05) is 0 Å². The van der Waals surface area contributed by atoms with E-state index in [4.69, 9.17) is 9.47 Å². The van der Waals surface area contributed by atoms with Crippen LogP contribution in [0.5, 0.6) is 11.5 Å². The van der Waals surface area contributed by atoms with Crippen LogP contribution in [0.3, 0.4) is 0 Å². The lowest BCUT2D eigenvalue weighted by Gasteiger charge is -2.20. The van der Waals surface area contributed by atoms with Crippen LogP contribution < -0.4 is 14.8 Å². The van der Waals surface area contributed by atoms with E-state index in [1.165, 1.54) is 13.2 Å². The van der Waals surface area contributed by atoms with Gasteiger partial charge in [-0.15, -0.1) is 0 Å². The molecule has 1 atom stereocenters. The first-order valence-electron chi connectivity index (χ1n) is 13.9. The molecule has 9 nitrogen and oxygen atoms in total. The van der Waals surface area contributed by atoms with Crippen molar-refractivity contribution < 1.29 is 32.6 Å². The van der Waals surface area contributed by atoms with Crippen molar-refractivity contribution in [3.63, 3.8) is 0 Å². The second-order valence-electron chi connectivity index (χ2n) is 11.0. The van der Waals surface area contributed by atoms with Gasteiger partial charge in [-0.25, -0.2) is 18.7 Å². The Labute approximate surface area is 251 Å². The SMILES string of the molecule is COc1ccc(CN2Cc3nc(-c4c(F)cccc4F)nc(Cc4ccc(C5(C)CC(=O)NC5=O)cc4)c3C2=O)c(OC)c1. The average molecular weight is 599 g/mol. The number of aromatic nitrogens is 2. The summed E-state index contributed by atoms with van der Waals surface area (Å²) in [5.74, 6) is -1.66. The summed E-state index contributed by atoms with van der Waals surface area (Å²) in [7, 11) is 3.08. The Morgan fingerprint density at radius 3 is 2.30 bits per heavy atom. The molecule has 1 unspecified atom stereocenters. The van der Waals surface area contributed by atoms with E-state index in [9.17, 15) is 23.2 Å². The van der Waals surface area contributed by atoms with Crippen molar-refractivity contribution in [3.05, 3.63) is 106 Å². The molecule has 0 radical (unpaired) electrons. The number of benzene rings is 3. The first kappa shape index (κ1) is 28.9. The van der Waals surface area contributed by atoms with Crippen molar-refractivity contribution in [1.29, 1.82) is 0 Å². The molecule has 3 heterocycles. The molecule has 1 fully saturated rings. The zero-order valence-corrected chi connectivity index (χ0v) is 24.2. The first-order chi connectivity index (χ1) is 21.1. The maximum atomic E-state index is 14.8. The van der Waals surface area contributed by atoms with Gasteiger partial charge in [0.05, 0.1) is 55.2 Å². The van der Waals surface area contributed by atoms with E-state index in [0.29, 0.717) is 28.5 Å². The van der Waals surface area contributed by atoms with Crippen LogP contribution in [0.15, 0.2) is 60.7 Å². The van der Waals surface area contributed by atoms with E-state index < -0.39 is 17.0 Å². The number of methoxy groups -OCH3 is 2. The van der Waals surface area contributed by atoms with Crippen molar-refractivity contribution in [2.45, 2.75) is 38.3 Å². The number of imide groups is 1. The summed E-state index contributed by atoms with van der Waals surface area (Å²) in [6.45, 7) is 2.00. The Balaban J connectivity index is 1.37. The molecule has 0 bridgehead atoms. The number of carbonyl (C=O) groups excluding carboxylic acids is 3. The van der Waals surface area contributed by atoms with Crippen LogP contribution in [0, 0.1) is 11.6 Å². The number of nitrogens with one attached hydrogen (secondary N) is 1. The van der Waals surface area contributed by atoms with Gasteiger partial charge in [-0.1, -0.05) is 30.3 Å². The summed E-state index contributed by atoms with van der Waals surface area (Å²) in [5, 5.41) is 2.35. The standard InChI is InChI=1S/C33H28F2N4O5/c1-33(15-27(40)38-32(33)42)20-10-7-18(8-11-20)13-24-29-25(37-30(36-24)28-22(34)5-4-6-23(28)35)17-39(31(29)41)16-19-9-12-21(43-2)14-26(19)44-3/h4-12,14H,13,15-17H2,1-3H3,(H,38,40,42). The van der Waals surface area contributed by atoms with E-state index in [1.54, 1.807) is 61.4 Å². The average Bonchev–Trinajstić information content (AvgIpc) is 3.46. The molecule has 4 aromatic rings. The molecule has 3 aromatic carbocycles. The number of ether oxygens (including phenoxy) is 2. The quantitative estimate of drug-likeness (QED) is 0.298. The molecule has 1 aromatic heterocycles. The number of fused-ring (bicyclic) bond motifs is 1. The van der Waals surface area contributed by atoms with Crippen molar-refractivity contribution in [2.75, 3.05) is 14.2 Å². The molecule has 1 N–H and O–H groups in total. The Hall–Kier alpha value is -5.19. The van der Waals surface area contributed by atoms with Gasteiger partial charge >= 0.3 is 0 Å². The molecule has 2 aliphatic rings. The van der Waals surface area contributed by atoms with Crippen LogP contribution in [0.25, 0.3) is 11.4 Å². The summed E-state index contributed by atoms with van der Waals surface area (Å²) in [6, 6.07) is 15.9. The number of halogens is 2. The Morgan fingerprint density at radius 1 is 0.932 bits per heavy atom. The maximum absolute atomic E-state index is 14.8. The van der Waals surface area contributed by atoms with Gasteiger partial charge in [0, 0.05) is 24.5 Å². The maximum Gasteiger partial charge on any atom is 0.258 e. The number of rotatable bonds is 8. The van der Waals surface area contributed by atoms with E-state index in [0.717, 1.165) is 23.3 Å². The van der Waals surface area contributed by atoms with Crippen molar-refractivity contribution in [3.8, 4) is 22.9 Å². The van der Waals surface area contributed by atoms with Crippen molar-refractivity contribution >= 4 is 17.7 Å². The fourth-order valence-electron chi connectivity index (χ4n) is 5.73. The van der Waals surface area contributed by atoms with Crippen LogP contribution >= 0.6 is 0 Å². The summed E-state index contributed by atoms with van der Waals surface area (Å²) >= 11 is 0. The van der Waals surface area contributed by atoms with E-state index in [2.05, 4.69) is 15.3 Å². The molecule has 11 heteroatoms. The monoisotopic (exact) mass is 598 g/mol. The van der Waals surface area contributed by atoms with Gasteiger partial charge < -0.3 is 14.4 Å². The zero-order chi connectivity index (χ0) is 31.2. The molecule has 2 aliphatic heterocycles. The fraction of sp³-hybridized carbons (Fsp3) is 0.242. The van der Waals surface area contributed by atoms with Gasteiger partial charge in [-0.05, 0) is 42.3 Å². The van der Waals surface area contributed by atoms with E-state index >= 15 is 0 Å². The van der Waals surface area contributed by atoms with Crippen LogP contribution in [-0.4, -0.2) is 46.8 Å². The molecule has 1 saturated heterocycles. The summed E-state index contributed by atoms with van der Waals surface area (Å²) in [5.41, 5.74) is 1.73. The minimum absolute atomic E-state index is 0.0471. The molecular formula is C33H28F2N4O5. The Bertz CT molecular complexity index is 1810. The second kappa shape index (κ2) is 11.1. The third-order valence-electron chi connectivity index (χ3n) is 8.17. The van der Waals surface area contributed by atoms with Crippen molar-refractivity contribution in [2.24, 2.45) is 0 Å². The molecular weight excluding hydrogens is 570 g/mol. The Morgan fingerprint density at radius 2 is 1.66 bits per heavy atom. The van der Waals surface area contributed by atoms with Gasteiger partial charge in [0.15, 0.2) is 5.82 Å². The number of hydrogen-bond donors (Lipinski definition) is 1. The molecule has 6 rings (SSSR count). The molecule has 224 valence electrons. The molecule has 0 spiro atoms. The highest BCUT2D eigenvalue weighted by Gasteiger charge is 2.44. The lowest BCUT2D eigenvalue weighted by Crippen LogP contribution is -2.32. The molecule has 0 saturated carbocycles. The normalized spacial score (nSPS) is 17.6. The Kier molecular flexibility index (Phi) is 7.32. The smallest absolute Gasteiger partial charge is 0.258 e. The second-order valence-corrected chi connectivity index (χ2v) is 11.0. The van der Waals surface area contributed by atoms with Crippen LogP contribution in [-0.2, 0) is 34.5 Å². The lowest BCUT2D eigenvalue weighted by atomic mass is 9.80. The molecule has 3 amide bonds. The van der Waals surface area contributed by atoms with Gasteiger partial charge in [0.2, 0.25) is 11.8 Å². The summed E-state index contributed by atoms with van der Waals surface area (Å²) in [4.78, 5) is 48.7. The molecule has 44 heavy (non-hydrogen) atoms. The topological polar surface area (TPSA) is 111 Å². The number of hydrogen-bond acceptors (Lipinski definition) is 7. The summed E-state index contributed by atoms with van der Waals surface area (Å²) in [6.07, 6.45) is 0.201. The zero-order valence-electron chi connectivity index (χ0n) is 24.2. The predicted octanol–water partition coefficient (Wildman–Crippen LogP) is 4.49. The number of carbonyl (C=O) groups is 3. The predicted molar refractivity (Wildman–Crippen MR) is 155 cm³/mol. The summed E-state index contributed by atoms with van der Waals surface area (Å²) < 4.78 is 40.5. The van der Waals surface area contributed by atoms with Gasteiger partial charge in [-0.3, -0.25) is 19.7 Å². The largest absolute Gasteiger partial charge is 0.497 e. The number of nitrogens with zero attached hydrogens (tertiary/aromatic N) is 3. The van der Waals surface area contributed by atoms with Crippen LogP contribution in [0.1, 0.15) is 51.8 Å². The van der Waals surface area contributed by atoms with Gasteiger partial charge in [0.25, 0.3) is 5.91 Å². The minimum Gasteiger partial charge on any atom is -0.497 e. The van der Waals surface area contributed by atoms with Crippen molar-refractivity contribution in [1.82, 2.24) is 20.2 Å². The highest BCUT2D eigenvalue weighted by molar-refractivity contribution is 6.08. The van der Waals surface area contributed by atoms with E-state index in [-0.39, 0.29) is 60.6 Å². The third kappa shape index (κ3) is 5.04. The van der Waals surface area contributed by atoms with Gasteiger partial charge in [-0.2, -0.15) is 0 Å². The highest BCUT2D eigenvalue weighted by atomic mass is 19.1. The first-order valence-corrected chi connectivity index (χ1v) is 13.9. The van der Waals surface area contributed by atoms with Gasteiger partial charge in [0.1, 0.15) is 23.1 Å². The lowest BCUT2D eigenvalue weighted by molar-refractivity contribution is -0.126. The fourth-order valence-corrected chi connectivity index (χ4v) is 5.73.